The van der Waals surface area contributed by atoms with E-state index in [-0.39, 0.29) is 0 Å². The normalized spacial score (nSPS) is 17.4. The SMILES string of the molecule is CCN1CCC(N(C)c2ccc(CNC)c(C)n2)CC1. The van der Waals surface area contributed by atoms with Crippen molar-refractivity contribution in [1.82, 2.24) is 15.2 Å². The highest BCUT2D eigenvalue weighted by Gasteiger charge is 2.22. The van der Waals surface area contributed by atoms with Gasteiger partial charge in [0.25, 0.3) is 0 Å². The Kier molecular flexibility index (Phi) is 5.38. The number of anilines is 1. The van der Waals surface area contributed by atoms with Gasteiger partial charge in [-0.05, 0) is 45.0 Å². The molecule has 1 aliphatic rings. The fraction of sp³-hybridized carbons (Fsp3) is 0.688. The molecule has 1 aromatic heterocycles. The van der Waals surface area contributed by atoms with Crippen LogP contribution in [0.1, 0.15) is 31.0 Å². The molecule has 0 amide bonds. The monoisotopic (exact) mass is 276 g/mol. The van der Waals surface area contributed by atoms with Crippen LogP contribution in [0.15, 0.2) is 12.1 Å². The summed E-state index contributed by atoms with van der Waals surface area (Å²) in [5, 5.41) is 3.19. The topological polar surface area (TPSA) is 31.4 Å². The van der Waals surface area contributed by atoms with Crippen LogP contribution in [-0.4, -0.2) is 49.7 Å². The van der Waals surface area contributed by atoms with Crippen LogP contribution in [0.25, 0.3) is 0 Å². The molecule has 1 fully saturated rings. The molecular formula is C16H28N4. The van der Waals surface area contributed by atoms with Gasteiger partial charge in [-0.1, -0.05) is 13.0 Å². The zero-order valence-electron chi connectivity index (χ0n) is 13.3. The van der Waals surface area contributed by atoms with Crippen molar-refractivity contribution in [3.05, 3.63) is 23.4 Å². The lowest BCUT2D eigenvalue weighted by molar-refractivity contribution is 0.220. The molecule has 1 N–H and O–H groups in total. The number of aromatic nitrogens is 1. The van der Waals surface area contributed by atoms with Crippen LogP contribution in [0.5, 0.6) is 0 Å². The molecule has 0 atom stereocenters. The van der Waals surface area contributed by atoms with E-state index < -0.39 is 0 Å². The summed E-state index contributed by atoms with van der Waals surface area (Å²) in [5.74, 6) is 1.11. The van der Waals surface area contributed by atoms with Crippen molar-refractivity contribution >= 4 is 5.82 Å². The van der Waals surface area contributed by atoms with Crippen molar-refractivity contribution < 1.29 is 0 Å². The summed E-state index contributed by atoms with van der Waals surface area (Å²) in [7, 11) is 4.16. The Morgan fingerprint density at radius 2 is 2.05 bits per heavy atom. The minimum atomic E-state index is 0.625. The van der Waals surface area contributed by atoms with Gasteiger partial charge in [-0.15, -0.1) is 0 Å². The van der Waals surface area contributed by atoms with Gasteiger partial charge in [-0.2, -0.15) is 0 Å². The first-order valence-electron chi connectivity index (χ1n) is 7.72. The molecule has 4 nitrogen and oxygen atoms in total. The number of nitrogens with zero attached hydrogens (tertiary/aromatic N) is 3. The lowest BCUT2D eigenvalue weighted by Gasteiger charge is -2.37. The third-order valence-electron chi connectivity index (χ3n) is 4.46. The molecule has 2 rings (SSSR count). The van der Waals surface area contributed by atoms with Crippen molar-refractivity contribution in [3.63, 3.8) is 0 Å². The van der Waals surface area contributed by atoms with Gasteiger partial charge in [0, 0.05) is 38.4 Å². The van der Waals surface area contributed by atoms with Gasteiger partial charge in [0.2, 0.25) is 0 Å². The summed E-state index contributed by atoms with van der Waals surface area (Å²) < 4.78 is 0. The molecule has 2 heterocycles. The second-order valence-electron chi connectivity index (χ2n) is 5.72. The fourth-order valence-electron chi connectivity index (χ4n) is 2.96. The second kappa shape index (κ2) is 7.04. The van der Waals surface area contributed by atoms with Crippen LogP contribution in [0.4, 0.5) is 5.82 Å². The van der Waals surface area contributed by atoms with E-state index in [9.17, 15) is 0 Å². The van der Waals surface area contributed by atoms with Gasteiger partial charge in [-0.3, -0.25) is 0 Å². The zero-order chi connectivity index (χ0) is 14.5. The van der Waals surface area contributed by atoms with E-state index >= 15 is 0 Å². The van der Waals surface area contributed by atoms with E-state index in [0.29, 0.717) is 6.04 Å². The Balaban J connectivity index is 2.02. The molecule has 0 aliphatic carbocycles. The van der Waals surface area contributed by atoms with E-state index in [0.717, 1.165) is 18.1 Å². The fourth-order valence-corrected chi connectivity index (χ4v) is 2.96. The maximum Gasteiger partial charge on any atom is 0.128 e. The number of piperidine rings is 1. The van der Waals surface area contributed by atoms with E-state index in [4.69, 9.17) is 4.98 Å². The summed E-state index contributed by atoms with van der Waals surface area (Å²) in [6.45, 7) is 8.83. The minimum Gasteiger partial charge on any atom is -0.357 e. The molecule has 1 aromatic rings. The molecule has 0 spiro atoms. The molecule has 1 aliphatic heterocycles. The first-order valence-corrected chi connectivity index (χ1v) is 7.72. The molecule has 1 saturated heterocycles. The number of hydrogen-bond acceptors (Lipinski definition) is 4. The first-order chi connectivity index (χ1) is 9.65. The predicted molar refractivity (Wildman–Crippen MR) is 85.3 cm³/mol. The molecular weight excluding hydrogens is 248 g/mol. The molecule has 0 unspecified atom stereocenters. The molecule has 0 bridgehead atoms. The van der Waals surface area contributed by atoms with E-state index in [1.54, 1.807) is 0 Å². The molecule has 0 saturated carbocycles. The lowest BCUT2D eigenvalue weighted by atomic mass is 10.0. The number of nitrogens with one attached hydrogen (secondary N) is 1. The van der Waals surface area contributed by atoms with Crippen LogP contribution in [0.2, 0.25) is 0 Å². The van der Waals surface area contributed by atoms with E-state index in [1.807, 2.05) is 7.05 Å². The smallest absolute Gasteiger partial charge is 0.128 e. The van der Waals surface area contributed by atoms with E-state index in [2.05, 4.69) is 48.1 Å². The Hall–Kier alpha value is -1.13. The van der Waals surface area contributed by atoms with Crippen molar-refractivity contribution in [2.24, 2.45) is 0 Å². The van der Waals surface area contributed by atoms with Crippen LogP contribution < -0.4 is 10.2 Å². The summed E-state index contributed by atoms with van der Waals surface area (Å²) in [5.41, 5.74) is 2.42. The predicted octanol–water partition coefficient (Wildman–Crippen LogP) is 2.03. The summed E-state index contributed by atoms with van der Waals surface area (Å²) in [6, 6.07) is 4.98. The van der Waals surface area contributed by atoms with E-state index in [1.165, 1.54) is 38.0 Å². The molecule has 20 heavy (non-hydrogen) atoms. The summed E-state index contributed by atoms with van der Waals surface area (Å²) >= 11 is 0. The quantitative estimate of drug-likeness (QED) is 0.891. The molecule has 112 valence electrons. The minimum absolute atomic E-state index is 0.625. The first kappa shape index (κ1) is 15.3. The summed E-state index contributed by atoms with van der Waals surface area (Å²) in [4.78, 5) is 9.67. The van der Waals surface area contributed by atoms with Crippen molar-refractivity contribution in [2.45, 2.75) is 39.3 Å². The van der Waals surface area contributed by atoms with Crippen molar-refractivity contribution in [1.29, 1.82) is 0 Å². The average molecular weight is 276 g/mol. The van der Waals surface area contributed by atoms with Crippen molar-refractivity contribution in [2.75, 3.05) is 38.6 Å². The van der Waals surface area contributed by atoms with Gasteiger partial charge in [0.1, 0.15) is 5.82 Å². The lowest BCUT2D eigenvalue weighted by Crippen LogP contribution is -2.43. The Labute approximate surface area is 123 Å². The Morgan fingerprint density at radius 3 is 2.60 bits per heavy atom. The summed E-state index contributed by atoms with van der Waals surface area (Å²) in [6.07, 6.45) is 2.48. The largest absolute Gasteiger partial charge is 0.357 e. The molecule has 4 heteroatoms. The third-order valence-corrected chi connectivity index (χ3v) is 4.46. The standard InChI is InChI=1S/C16H28N4/c1-5-20-10-8-15(9-11-20)19(4)16-7-6-14(12-17-3)13(2)18-16/h6-7,15,17H,5,8-12H2,1-4H3. The van der Waals surface area contributed by atoms with Crippen LogP contribution in [0.3, 0.4) is 0 Å². The highest BCUT2D eigenvalue weighted by Crippen LogP contribution is 2.21. The highest BCUT2D eigenvalue weighted by atomic mass is 15.2. The van der Waals surface area contributed by atoms with Gasteiger partial charge < -0.3 is 15.1 Å². The number of aryl methyl sites for hydroxylation is 1. The van der Waals surface area contributed by atoms with Gasteiger partial charge >= 0.3 is 0 Å². The number of hydrogen-bond donors (Lipinski definition) is 1. The number of likely N-dealkylation sites (tertiary alicyclic amines) is 1. The molecule has 0 radical (unpaired) electrons. The number of rotatable bonds is 5. The highest BCUT2D eigenvalue weighted by molar-refractivity contribution is 5.42. The second-order valence-corrected chi connectivity index (χ2v) is 5.72. The Morgan fingerprint density at radius 1 is 1.35 bits per heavy atom. The van der Waals surface area contributed by atoms with Gasteiger partial charge in [0.15, 0.2) is 0 Å². The van der Waals surface area contributed by atoms with Gasteiger partial charge in [-0.25, -0.2) is 4.98 Å². The van der Waals surface area contributed by atoms with Crippen molar-refractivity contribution in [3.8, 4) is 0 Å². The third kappa shape index (κ3) is 3.49. The van der Waals surface area contributed by atoms with Crippen LogP contribution in [0, 0.1) is 6.92 Å². The number of pyridine rings is 1. The Bertz CT molecular complexity index is 424. The zero-order valence-corrected chi connectivity index (χ0v) is 13.3. The van der Waals surface area contributed by atoms with Crippen LogP contribution >= 0.6 is 0 Å². The average Bonchev–Trinajstić information content (AvgIpc) is 2.49. The van der Waals surface area contributed by atoms with Gasteiger partial charge in [0.05, 0.1) is 0 Å². The van der Waals surface area contributed by atoms with Crippen LogP contribution in [-0.2, 0) is 6.54 Å². The molecule has 0 aromatic carbocycles. The maximum atomic E-state index is 4.78. The maximum absolute atomic E-state index is 4.78.